The van der Waals surface area contributed by atoms with Gasteiger partial charge in [0.15, 0.2) is 0 Å². The van der Waals surface area contributed by atoms with Gasteiger partial charge in [-0.05, 0) is 48.5 Å². The lowest BCUT2D eigenvalue weighted by Crippen LogP contribution is -2.54. The summed E-state index contributed by atoms with van der Waals surface area (Å²) in [5, 5.41) is 19.9. The molecule has 0 aromatic heterocycles. The Morgan fingerprint density at radius 3 is 1.93 bits per heavy atom. The maximum Gasteiger partial charge on any atom is 0.268 e. The summed E-state index contributed by atoms with van der Waals surface area (Å²) in [6.45, 7) is 0. The minimum absolute atomic E-state index is 0.0511. The molecular formula is C19H17F2N3O4. The maximum atomic E-state index is 12.6. The zero-order valence-electron chi connectivity index (χ0n) is 14.4. The van der Waals surface area contributed by atoms with Crippen LogP contribution < -0.4 is 16.5 Å². The van der Waals surface area contributed by atoms with E-state index in [1.54, 1.807) is 24.3 Å². The first-order valence-corrected chi connectivity index (χ1v) is 8.00. The summed E-state index contributed by atoms with van der Waals surface area (Å²) in [5.41, 5.74) is 8.72. The van der Waals surface area contributed by atoms with Crippen LogP contribution in [0.15, 0.2) is 48.5 Å². The second kappa shape index (κ2) is 9.45. The number of alkyl halides is 2. The molecule has 0 aliphatic rings. The number of nitrogens with two attached hydrogens (primary N) is 1. The molecule has 9 heteroatoms. The fourth-order valence-corrected chi connectivity index (χ4v) is 2.16. The minimum atomic E-state index is -3.30. The van der Waals surface area contributed by atoms with Gasteiger partial charge in [0.05, 0.1) is 0 Å². The number of benzene rings is 2. The Labute approximate surface area is 159 Å². The molecule has 0 saturated carbocycles. The van der Waals surface area contributed by atoms with Crippen LogP contribution in [-0.4, -0.2) is 40.7 Å². The van der Waals surface area contributed by atoms with E-state index in [4.69, 9.17) is 10.9 Å². The molecule has 0 aliphatic carbocycles. The van der Waals surface area contributed by atoms with Crippen molar-refractivity contribution in [2.75, 3.05) is 5.73 Å². The number of hydroxylamine groups is 1. The SMILES string of the molecule is Nc1ccc(C#Cc2ccc(C(=O)NC(C(=O)NO)C(O)C(F)F)cc2)cc1. The Balaban J connectivity index is 2.10. The molecule has 2 rings (SSSR count). The third-order valence-corrected chi connectivity index (χ3v) is 3.69. The molecule has 0 fully saturated rings. The number of anilines is 1. The highest BCUT2D eigenvalue weighted by Gasteiger charge is 2.34. The third-order valence-electron chi connectivity index (χ3n) is 3.69. The van der Waals surface area contributed by atoms with E-state index in [1.165, 1.54) is 24.3 Å². The molecule has 2 amide bonds. The van der Waals surface area contributed by atoms with Gasteiger partial charge in [-0.25, -0.2) is 14.3 Å². The summed E-state index contributed by atoms with van der Waals surface area (Å²) in [6, 6.07) is 10.7. The van der Waals surface area contributed by atoms with Gasteiger partial charge in [-0.1, -0.05) is 11.8 Å². The lowest BCUT2D eigenvalue weighted by molar-refractivity contribution is -0.137. The third kappa shape index (κ3) is 5.51. The van der Waals surface area contributed by atoms with E-state index in [1.807, 2.05) is 5.32 Å². The predicted octanol–water partition coefficient (Wildman–Crippen LogP) is 0.898. The smallest absolute Gasteiger partial charge is 0.268 e. The van der Waals surface area contributed by atoms with E-state index < -0.39 is 30.4 Å². The molecule has 146 valence electrons. The molecule has 0 radical (unpaired) electrons. The van der Waals surface area contributed by atoms with Crippen molar-refractivity contribution in [3.63, 3.8) is 0 Å². The van der Waals surface area contributed by atoms with Crippen LogP contribution in [0.2, 0.25) is 0 Å². The molecule has 2 unspecified atom stereocenters. The topological polar surface area (TPSA) is 125 Å². The van der Waals surface area contributed by atoms with Crippen LogP contribution in [0.25, 0.3) is 0 Å². The summed E-state index contributed by atoms with van der Waals surface area (Å²) < 4.78 is 25.3. The summed E-state index contributed by atoms with van der Waals surface area (Å²) >= 11 is 0. The maximum absolute atomic E-state index is 12.6. The first-order chi connectivity index (χ1) is 13.3. The number of hydrogen-bond acceptors (Lipinski definition) is 5. The number of aliphatic hydroxyl groups excluding tert-OH is 1. The van der Waals surface area contributed by atoms with Gasteiger partial charge in [-0.3, -0.25) is 14.8 Å². The quantitative estimate of drug-likeness (QED) is 0.225. The van der Waals surface area contributed by atoms with E-state index >= 15 is 0 Å². The molecule has 2 aromatic rings. The van der Waals surface area contributed by atoms with Crippen molar-refractivity contribution in [2.45, 2.75) is 18.6 Å². The first kappa shape index (κ1) is 20.8. The average Bonchev–Trinajstić information content (AvgIpc) is 2.70. The van der Waals surface area contributed by atoms with Gasteiger partial charge in [-0.15, -0.1) is 0 Å². The van der Waals surface area contributed by atoms with Crippen LogP contribution in [0.1, 0.15) is 21.5 Å². The molecule has 0 aliphatic heterocycles. The summed E-state index contributed by atoms with van der Waals surface area (Å²) in [7, 11) is 0. The minimum Gasteiger partial charge on any atom is -0.399 e. The van der Waals surface area contributed by atoms with Crippen LogP contribution in [0.3, 0.4) is 0 Å². The monoisotopic (exact) mass is 389 g/mol. The summed E-state index contributed by atoms with van der Waals surface area (Å²) in [4.78, 5) is 23.6. The van der Waals surface area contributed by atoms with E-state index in [0.717, 1.165) is 11.0 Å². The number of nitrogen functional groups attached to an aromatic ring is 1. The van der Waals surface area contributed by atoms with E-state index in [0.29, 0.717) is 11.3 Å². The standard InChI is InChI=1S/C19H17F2N3O4/c20-17(21)16(25)15(19(27)24-28)23-18(26)13-7-3-11(4-8-13)1-2-12-5-9-14(22)10-6-12/h3-10,15-17,25,28H,22H2,(H,23,26)(H,24,27). The highest BCUT2D eigenvalue weighted by atomic mass is 19.3. The van der Waals surface area contributed by atoms with Crippen molar-refractivity contribution in [3.8, 4) is 11.8 Å². The van der Waals surface area contributed by atoms with Crippen LogP contribution in [-0.2, 0) is 4.79 Å². The van der Waals surface area contributed by atoms with Gasteiger partial charge in [0, 0.05) is 22.4 Å². The summed E-state index contributed by atoms with van der Waals surface area (Å²) in [5.74, 6) is 3.55. The Morgan fingerprint density at radius 1 is 0.964 bits per heavy atom. The average molecular weight is 389 g/mol. The number of carbonyl (C=O) groups is 2. The van der Waals surface area contributed by atoms with E-state index in [9.17, 15) is 23.5 Å². The Bertz CT molecular complexity index is 890. The lowest BCUT2D eigenvalue weighted by atomic mass is 10.1. The Kier molecular flexibility index (Phi) is 7.03. The van der Waals surface area contributed by atoms with Crippen LogP contribution in [0.5, 0.6) is 0 Å². The molecule has 0 bridgehead atoms. The first-order valence-electron chi connectivity index (χ1n) is 8.00. The van der Waals surface area contributed by atoms with Crippen LogP contribution >= 0.6 is 0 Å². The highest BCUT2D eigenvalue weighted by molar-refractivity contribution is 5.97. The number of aliphatic hydroxyl groups is 1. The number of rotatable bonds is 5. The Hall–Kier alpha value is -3.48. The molecule has 2 aromatic carbocycles. The molecular weight excluding hydrogens is 372 g/mol. The lowest BCUT2D eigenvalue weighted by Gasteiger charge is -2.21. The molecule has 7 nitrogen and oxygen atoms in total. The summed E-state index contributed by atoms with van der Waals surface area (Å²) in [6.07, 6.45) is -5.78. The van der Waals surface area contributed by atoms with Gasteiger partial charge in [0.2, 0.25) is 0 Å². The van der Waals surface area contributed by atoms with Crippen molar-refractivity contribution in [1.82, 2.24) is 10.8 Å². The van der Waals surface area contributed by atoms with Crippen molar-refractivity contribution in [2.24, 2.45) is 0 Å². The van der Waals surface area contributed by atoms with E-state index in [-0.39, 0.29) is 5.56 Å². The molecule has 0 spiro atoms. The fraction of sp³-hybridized carbons (Fsp3) is 0.158. The number of halogens is 2. The van der Waals surface area contributed by atoms with Crippen molar-refractivity contribution >= 4 is 17.5 Å². The highest BCUT2D eigenvalue weighted by Crippen LogP contribution is 2.09. The van der Waals surface area contributed by atoms with Gasteiger partial charge in [-0.2, -0.15) is 0 Å². The fourth-order valence-electron chi connectivity index (χ4n) is 2.16. The number of carbonyl (C=O) groups excluding carboxylic acids is 2. The molecule has 2 atom stereocenters. The van der Waals surface area contributed by atoms with Gasteiger partial charge < -0.3 is 16.2 Å². The predicted molar refractivity (Wildman–Crippen MR) is 96.5 cm³/mol. The second-order valence-corrected chi connectivity index (χ2v) is 5.70. The van der Waals surface area contributed by atoms with Crippen LogP contribution in [0.4, 0.5) is 14.5 Å². The van der Waals surface area contributed by atoms with Crippen molar-refractivity contribution in [1.29, 1.82) is 0 Å². The van der Waals surface area contributed by atoms with Crippen LogP contribution in [0, 0.1) is 11.8 Å². The zero-order valence-corrected chi connectivity index (χ0v) is 14.4. The normalized spacial score (nSPS) is 12.5. The molecule has 0 saturated heterocycles. The molecule has 0 heterocycles. The van der Waals surface area contributed by atoms with Crippen molar-refractivity contribution in [3.05, 3.63) is 65.2 Å². The Morgan fingerprint density at radius 2 is 1.46 bits per heavy atom. The number of amides is 2. The second-order valence-electron chi connectivity index (χ2n) is 5.70. The molecule has 28 heavy (non-hydrogen) atoms. The largest absolute Gasteiger partial charge is 0.399 e. The van der Waals surface area contributed by atoms with Crippen molar-refractivity contribution < 1.29 is 28.7 Å². The number of hydrogen-bond donors (Lipinski definition) is 5. The van der Waals surface area contributed by atoms with Gasteiger partial charge in [0.25, 0.3) is 18.2 Å². The van der Waals surface area contributed by atoms with Gasteiger partial charge >= 0.3 is 0 Å². The van der Waals surface area contributed by atoms with Gasteiger partial charge in [0.1, 0.15) is 12.1 Å². The molecule has 6 N–H and O–H groups in total. The number of nitrogens with one attached hydrogen (secondary N) is 2. The zero-order chi connectivity index (χ0) is 20.7. The van der Waals surface area contributed by atoms with E-state index in [2.05, 4.69) is 11.8 Å².